The van der Waals surface area contributed by atoms with Crippen molar-refractivity contribution >= 4 is 11.8 Å². The molecule has 0 spiro atoms. The normalized spacial score (nSPS) is 32.2. The van der Waals surface area contributed by atoms with Gasteiger partial charge in [-0.1, -0.05) is 13.8 Å². The van der Waals surface area contributed by atoms with Crippen molar-refractivity contribution in [1.82, 2.24) is 15.1 Å². The largest absolute Gasteiger partial charge is 0.341 e. The van der Waals surface area contributed by atoms with E-state index in [1.54, 1.807) is 0 Å². The van der Waals surface area contributed by atoms with Gasteiger partial charge in [-0.3, -0.25) is 9.59 Å². The molecule has 0 aliphatic carbocycles. The van der Waals surface area contributed by atoms with Gasteiger partial charge in [0.1, 0.15) is 6.04 Å². The van der Waals surface area contributed by atoms with Crippen molar-refractivity contribution in [2.75, 3.05) is 32.7 Å². The first-order chi connectivity index (χ1) is 10.6. The molecule has 0 saturated carbocycles. The van der Waals surface area contributed by atoms with Crippen LogP contribution in [0, 0.1) is 17.8 Å². The molecule has 3 atom stereocenters. The van der Waals surface area contributed by atoms with Gasteiger partial charge in [-0.25, -0.2) is 0 Å². The number of amides is 2. The van der Waals surface area contributed by atoms with Crippen molar-refractivity contribution in [2.45, 2.75) is 45.6 Å². The molecule has 2 amide bonds. The number of rotatable bonds is 2. The molecule has 22 heavy (non-hydrogen) atoms. The number of hydrogen-bond donors (Lipinski definition) is 1. The Kier molecular flexibility index (Phi) is 4.71. The minimum Gasteiger partial charge on any atom is -0.341 e. The zero-order valence-corrected chi connectivity index (χ0v) is 13.9. The Morgan fingerprint density at radius 2 is 1.64 bits per heavy atom. The molecule has 5 heteroatoms. The predicted octanol–water partition coefficient (Wildman–Crippen LogP) is 1.09. The number of carbonyl (C=O) groups excluding carboxylic acids is 2. The Morgan fingerprint density at radius 3 is 2.23 bits per heavy atom. The summed E-state index contributed by atoms with van der Waals surface area (Å²) >= 11 is 0. The molecule has 1 N–H and O–H groups in total. The van der Waals surface area contributed by atoms with Crippen LogP contribution >= 0.6 is 0 Å². The molecule has 3 fully saturated rings. The monoisotopic (exact) mass is 307 g/mol. The SMILES string of the molecule is CC(C)C(=O)N1CCCC1C(=O)N1CC[C@@H]2CNC[C@@H]2CC1. The number of nitrogens with one attached hydrogen (secondary N) is 1. The van der Waals surface area contributed by atoms with Crippen LogP contribution in [0.2, 0.25) is 0 Å². The molecule has 3 saturated heterocycles. The third-order valence-electron chi connectivity index (χ3n) is 5.65. The Labute approximate surface area is 133 Å². The number of hydrogen-bond acceptors (Lipinski definition) is 3. The summed E-state index contributed by atoms with van der Waals surface area (Å²) in [5.41, 5.74) is 0. The highest BCUT2D eigenvalue weighted by molar-refractivity contribution is 5.89. The van der Waals surface area contributed by atoms with Crippen LogP contribution in [-0.2, 0) is 9.59 Å². The zero-order valence-electron chi connectivity index (χ0n) is 13.9. The third kappa shape index (κ3) is 3.00. The van der Waals surface area contributed by atoms with Gasteiger partial charge in [-0.2, -0.15) is 0 Å². The van der Waals surface area contributed by atoms with Crippen LogP contribution in [0.1, 0.15) is 39.5 Å². The van der Waals surface area contributed by atoms with Gasteiger partial charge in [-0.05, 0) is 50.6 Å². The zero-order chi connectivity index (χ0) is 15.7. The second kappa shape index (κ2) is 6.57. The second-order valence-electron chi connectivity index (χ2n) is 7.43. The van der Waals surface area contributed by atoms with Gasteiger partial charge in [0.25, 0.3) is 0 Å². The molecule has 0 aromatic carbocycles. The maximum Gasteiger partial charge on any atom is 0.245 e. The van der Waals surface area contributed by atoms with E-state index in [0.29, 0.717) is 0 Å². The average molecular weight is 307 g/mol. The van der Waals surface area contributed by atoms with Crippen LogP contribution in [0.3, 0.4) is 0 Å². The molecule has 1 unspecified atom stereocenters. The molecule has 3 heterocycles. The van der Waals surface area contributed by atoms with Crippen molar-refractivity contribution in [3.05, 3.63) is 0 Å². The number of fused-ring (bicyclic) bond motifs is 1. The highest BCUT2D eigenvalue weighted by Gasteiger charge is 2.39. The van der Waals surface area contributed by atoms with E-state index in [2.05, 4.69) is 5.32 Å². The molecule has 3 aliphatic heterocycles. The van der Waals surface area contributed by atoms with E-state index in [4.69, 9.17) is 0 Å². The molecular weight excluding hydrogens is 278 g/mol. The molecule has 3 aliphatic rings. The third-order valence-corrected chi connectivity index (χ3v) is 5.65. The fraction of sp³-hybridized carbons (Fsp3) is 0.882. The highest BCUT2D eigenvalue weighted by atomic mass is 16.2. The summed E-state index contributed by atoms with van der Waals surface area (Å²) in [6.45, 7) is 8.52. The van der Waals surface area contributed by atoms with E-state index in [9.17, 15) is 9.59 Å². The van der Waals surface area contributed by atoms with Crippen LogP contribution in [0.5, 0.6) is 0 Å². The van der Waals surface area contributed by atoms with Crippen LogP contribution in [0.4, 0.5) is 0 Å². The maximum absolute atomic E-state index is 12.9. The van der Waals surface area contributed by atoms with Crippen molar-refractivity contribution in [3.8, 4) is 0 Å². The first-order valence-electron chi connectivity index (χ1n) is 8.88. The minimum atomic E-state index is -0.203. The lowest BCUT2D eigenvalue weighted by atomic mass is 9.92. The summed E-state index contributed by atoms with van der Waals surface area (Å²) < 4.78 is 0. The molecule has 3 rings (SSSR count). The molecule has 0 aromatic heterocycles. The fourth-order valence-electron chi connectivity index (χ4n) is 4.27. The first-order valence-corrected chi connectivity index (χ1v) is 8.88. The van der Waals surface area contributed by atoms with Crippen molar-refractivity contribution in [2.24, 2.45) is 17.8 Å². The Balaban J connectivity index is 1.64. The lowest BCUT2D eigenvalue weighted by molar-refractivity contribution is -0.145. The smallest absolute Gasteiger partial charge is 0.245 e. The number of carbonyl (C=O) groups is 2. The van der Waals surface area contributed by atoms with Crippen LogP contribution in [-0.4, -0.2) is 60.4 Å². The van der Waals surface area contributed by atoms with Gasteiger partial charge < -0.3 is 15.1 Å². The van der Waals surface area contributed by atoms with Crippen molar-refractivity contribution in [3.63, 3.8) is 0 Å². The molecule has 0 bridgehead atoms. The standard InChI is InChI=1S/C17H29N3O2/c1-12(2)16(21)20-7-3-4-15(20)17(22)19-8-5-13-10-18-11-14(13)6-9-19/h12-15,18H,3-11H2,1-2H3/t13-,14+,15?. The van der Waals surface area contributed by atoms with Gasteiger partial charge in [0, 0.05) is 25.6 Å². The van der Waals surface area contributed by atoms with Crippen molar-refractivity contribution in [1.29, 1.82) is 0 Å². The fourth-order valence-corrected chi connectivity index (χ4v) is 4.27. The van der Waals surface area contributed by atoms with Crippen LogP contribution in [0.15, 0.2) is 0 Å². The van der Waals surface area contributed by atoms with E-state index >= 15 is 0 Å². The maximum atomic E-state index is 12.9. The summed E-state index contributed by atoms with van der Waals surface area (Å²) in [5.74, 6) is 1.76. The Hall–Kier alpha value is -1.10. The van der Waals surface area contributed by atoms with E-state index in [1.165, 1.54) is 0 Å². The molecule has 0 aromatic rings. The topological polar surface area (TPSA) is 52.7 Å². The lowest BCUT2D eigenvalue weighted by Gasteiger charge is -2.30. The second-order valence-corrected chi connectivity index (χ2v) is 7.43. The molecule has 124 valence electrons. The minimum absolute atomic E-state index is 0.0250. The Morgan fingerprint density at radius 1 is 1.00 bits per heavy atom. The van der Waals surface area contributed by atoms with Gasteiger partial charge in [-0.15, -0.1) is 0 Å². The number of nitrogens with zero attached hydrogens (tertiary/aromatic N) is 2. The van der Waals surface area contributed by atoms with E-state index < -0.39 is 0 Å². The Bertz CT molecular complexity index is 424. The van der Waals surface area contributed by atoms with Gasteiger partial charge in [0.05, 0.1) is 0 Å². The lowest BCUT2D eigenvalue weighted by Crippen LogP contribution is -2.49. The number of likely N-dealkylation sites (tertiary alicyclic amines) is 2. The summed E-state index contributed by atoms with van der Waals surface area (Å²) in [6, 6.07) is -0.203. The van der Waals surface area contributed by atoms with Gasteiger partial charge in [0.2, 0.25) is 11.8 Å². The molecular formula is C17H29N3O2. The molecule has 5 nitrogen and oxygen atoms in total. The van der Waals surface area contributed by atoms with Gasteiger partial charge in [0.15, 0.2) is 0 Å². The van der Waals surface area contributed by atoms with Crippen LogP contribution in [0.25, 0.3) is 0 Å². The van der Waals surface area contributed by atoms with E-state index in [0.717, 1.165) is 70.2 Å². The molecule has 0 radical (unpaired) electrons. The summed E-state index contributed by atoms with van der Waals surface area (Å²) in [4.78, 5) is 29.1. The highest BCUT2D eigenvalue weighted by Crippen LogP contribution is 2.29. The van der Waals surface area contributed by atoms with Crippen molar-refractivity contribution < 1.29 is 9.59 Å². The van der Waals surface area contributed by atoms with Gasteiger partial charge >= 0.3 is 0 Å². The van der Waals surface area contributed by atoms with E-state index in [1.807, 2.05) is 23.6 Å². The summed E-state index contributed by atoms with van der Waals surface area (Å²) in [7, 11) is 0. The predicted molar refractivity (Wildman–Crippen MR) is 85.2 cm³/mol. The quantitative estimate of drug-likeness (QED) is 0.831. The first kappa shape index (κ1) is 15.8. The van der Waals surface area contributed by atoms with Crippen LogP contribution < -0.4 is 5.32 Å². The van der Waals surface area contributed by atoms with E-state index in [-0.39, 0.29) is 23.8 Å². The summed E-state index contributed by atoms with van der Waals surface area (Å²) in [6.07, 6.45) is 4.00. The summed E-state index contributed by atoms with van der Waals surface area (Å²) in [5, 5.41) is 3.47. The average Bonchev–Trinajstić information content (AvgIpc) is 3.11.